The summed E-state index contributed by atoms with van der Waals surface area (Å²) in [6, 6.07) is 0. The fraction of sp³-hybridized carbons (Fsp3) is 0.875. The lowest BCUT2D eigenvalue weighted by atomic mass is 10.3. The SMILES string of the molecule is CC(C)(C)Br.CCOC(C)=O. The number of halogens is 1. The zero-order chi connectivity index (χ0) is 9.49. The molecular formula is C8H17BrO2. The number of hydrogen-bond acceptors (Lipinski definition) is 2. The standard InChI is InChI=1S/C4H9Br.C4H8O2/c1-4(2,3)5;1-3-6-4(2)5/h1-3H3;3H2,1-2H3. The minimum absolute atomic E-state index is 0.211. The molecule has 0 amide bonds. The maximum absolute atomic E-state index is 9.82. The van der Waals surface area contributed by atoms with E-state index in [1.165, 1.54) is 6.92 Å². The molecular weight excluding hydrogens is 208 g/mol. The van der Waals surface area contributed by atoms with Gasteiger partial charge >= 0.3 is 5.97 Å². The predicted molar refractivity (Wildman–Crippen MR) is 51.0 cm³/mol. The first kappa shape index (κ1) is 13.5. The van der Waals surface area contributed by atoms with E-state index in [2.05, 4.69) is 41.4 Å². The highest BCUT2D eigenvalue weighted by atomic mass is 79.9. The van der Waals surface area contributed by atoms with E-state index in [-0.39, 0.29) is 5.97 Å². The molecule has 0 aromatic rings. The van der Waals surface area contributed by atoms with Crippen molar-refractivity contribution in [2.75, 3.05) is 6.61 Å². The summed E-state index contributed by atoms with van der Waals surface area (Å²) in [4.78, 5) is 9.82. The van der Waals surface area contributed by atoms with Crippen LogP contribution in [-0.4, -0.2) is 16.9 Å². The zero-order valence-electron chi connectivity index (χ0n) is 7.90. The van der Waals surface area contributed by atoms with Crippen LogP contribution in [0, 0.1) is 0 Å². The molecule has 0 fully saturated rings. The molecule has 0 saturated carbocycles. The molecule has 0 aliphatic heterocycles. The Labute approximate surface area is 77.4 Å². The topological polar surface area (TPSA) is 26.3 Å². The molecule has 0 saturated heterocycles. The average Bonchev–Trinajstić information content (AvgIpc) is 1.58. The Balaban J connectivity index is 0. The quantitative estimate of drug-likeness (QED) is 0.506. The highest BCUT2D eigenvalue weighted by Gasteiger charge is 1.98. The lowest BCUT2D eigenvalue weighted by molar-refractivity contribution is -0.140. The van der Waals surface area contributed by atoms with Gasteiger partial charge in [0, 0.05) is 11.2 Å². The third kappa shape index (κ3) is 72.3. The third-order valence-electron chi connectivity index (χ3n) is 0.348. The van der Waals surface area contributed by atoms with E-state index in [0.29, 0.717) is 10.9 Å². The summed E-state index contributed by atoms with van der Waals surface area (Å²) in [5.74, 6) is -0.211. The van der Waals surface area contributed by atoms with Crippen LogP contribution in [0.2, 0.25) is 0 Å². The van der Waals surface area contributed by atoms with Gasteiger partial charge in [-0.15, -0.1) is 0 Å². The van der Waals surface area contributed by atoms with Gasteiger partial charge in [-0.05, 0) is 6.92 Å². The minimum atomic E-state index is -0.211. The first-order valence-electron chi connectivity index (χ1n) is 3.59. The number of alkyl halides is 1. The molecule has 0 aliphatic rings. The van der Waals surface area contributed by atoms with Crippen molar-refractivity contribution in [3.63, 3.8) is 0 Å². The molecule has 2 nitrogen and oxygen atoms in total. The van der Waals surface area contributed by atoms with Gasteiger partial charge in [-0.3, -0.25) is 4.79 Å². The van der Waals surface area contributed by atoms with Crippen LogP contribution in [0.25, 0.3) is 0 Å². The smallest absolute Gasteiger partial charge is 0.302 e. The van der Waals surface area contributed by atoms with Crippen LogP contribution in [0.4, 0.5) is 0 Å². The van der Waals surface area contributed by atoms with Crippen molar-refractivity contribution in [1.29, 1.82) is 0 Å². The van der Waals surface area contributed by atoms with Crippen LogP contribution in [0.3, 0.4) is 0 Å². The van der Waals surface area contributed by atoms with Gasteiger partial charge in [-0.25, -0.2) is 0 Å². The van der Waals surface area contributed by atoms with Crippen molar-refractivity contribution in [2.45, 2.75) is 38.9 Å². The van der Waals surface area contributed by atoms with Crippen LogP contribution in [0.1, 0.15) is 34.6 Å². The van der Waals surface area contributed by atoms with Crippen molar-refractivity contribution in [3.8, 4) is 0 Å². The number of hydrogen-bond donors (Lipinski definition) is 0. The van der Waals surface area contributed by atoms with Crippen LogP contribution in [0.5, 0.6) is 0 Å². The summed E-state index contributed by atoms with van der Waals surface area (Å²) in [7, 11) is 0. The summed E-state index contributed by atoms with van der Waals surface area (Å²) in [6.07, 6.45) is 0. The van der Waals surface area contributed by atoms with E-state index in [4.69, 9.17) is 0 Å². The van der Waals surface area contributed by atoms with E-state index >= 15 is 0 Å². The van der Waals surface area contributed by atoms with Gasteiger partial charge in [0.05, 0.1) is 6.61 Å². The van der Waals surface area contributed by atoms with Gasteiger partial charge < -0.3 is 4.74 Å². The summed E-state index contributed by atoms with van der Waals surface area (Å²) in [6.45, 7) is 9.97. The van der Waals surface area contributed by atoms with Crippen molar-refractivity contribution in [3.05, 3.63) is 0 Å². The predicted octanol–water partition coefficient (Wildman–Crippen LogP) is 2.75. The molecule has 0 N–H and O–H groups in total. The number of carbonyl (C=O) groups excluding carboxylic acids is 1. The Morgan fingerprint density at radius 2 is 1.73 bits per heavy atom. The maximum atomic E-state index is 9.82. The van der Waals surface area contributed by atoms with Crippen LogP contribution in [-0.2, 0) is 9.53 Å². The number of carbonyl (C=O) groups is 1. The molecule has 3 heteroatoms. The summed E-state index contributed by atoms with van der Waals surface area (Å²) < 4.78 is 4.72. The van der Waals surface area contributed by atoms with Gasteiger partial charge in [0.15, 0.2) is 0 Å². The van der Waals surface area contributed by atoms with Crippen LogP contribution >= 0.6 is 15.9 Å². The Kier molecular flexibility index (Phi) is 8.18. The molecule has 11 heavy (non-hydrogen) atoms. The second-order valence-electron chi connectivity index (χ2n) is 2.99. The van der Waals surface area contributed by atoms with E-state index < -0.39 is 0 Å². The number of ether oxygens (including phenoxy) is 1. The molecule has 0 radical (unpaired) electrons. The molecule has 0 spiro atoms. The third-order valence-corrected chi connectivity index (χ3v) is 0.348. The Bertz CT molecular complexity index is 99.1. The normalized spacial score (nSPS) is 9.64. The summed E-state index contributed by atoms with van der Waals surface area (Å²) in [5.41, 5.74) is 0. The lowest BCUT2D eigenvalue weighted by Gasteiger charge is -2.02. The highest BCUT2D eigenvalue weighted by Crippen LogP contribution is 2.11. The minimum Gasteiger partial charge on any atom is -0.466 e. The van der Waals surface area contributed by atoms with E-state index in [1.807, 2.05) is 0 Å². The van der Waals surface area contributed by atoms with Crippen molar-refractivity contribution < 1.29 is 9.53 Å². The number of rotatable bonds is 1. The van der Waals surface area contributed by atoms with E-state index in [1.54, 1.807) is 6.92 Å². The summed E-state index contributed by atoms with van der Waals surface area (Å²) >= 11 is 3.38. The molecule has 0 heterocycles. The molecule has 0 unspecified atom stereocenters. The number of esters is 1. The van der Waals surface area contributed by atoms with Gasteiger partial charge in [0.25, 0.3) is 0 Å². The van der Waals surface area contributed by atoms with Gasteiger partial charge in [-0.2, -0.15) is 0 Å². The fourth-order valence-corrected chi connectivity index (χ4v) is 0.203. The molecule has 68 valence electrons. The molecule has 0 aromatic carbocycles. The van der Waals surface area contributed by atoms with Gasteiger partial charge in [0.2, 0.25) is 0 Å². The van der Waals surface area contributed by atoms with Crippen LogP contribution in [0.15, 0.2) is 0 Å². The maximum Gasteiger partial charge on any atom is 0.302 e. The highest BCUT2D eigenvalue weighted by molar-refractivity contribution is 9.10. The Morgan fingerprint density at radius 1 is 1.45 bits per heavy atom. The summed E-state index contributed by atoms with van der Waals surface area (Å²) in [5, 5.41) is 0. The van der Waals surface area contributed by atoms with Crippen molar-refractivity contribution in [1.82, 2.24) is 0 Å². The Morgan fingerprint density at radius 3 is 1.73 bits per heavy atom. The molecule has 0 aliphatic carbocycles. The Hall–Kier alpha value is -0.0500. The molecule has 0 aromatic heterocycles. The van der Waals surface area contributed by atoms with E-state index in [9.17, 15) is 4.79 Å². The first-order chi connectivity index (χ1) is 4.77. The van der Waals surface area contributed by atoms with Crippen LogP contribution < -0.4 is 0 Å². The second kappa shape index (κ2) is 6.65. The monoisotopic (exact) mass is 224 g/mol. The zero-order valence-corrected chi connectivity index (χ0v) is 9.49. The molecule has 0 bridgehead atoms. The fourth-order valence-electron chi connectivity index (χ4n) is 0.203. The second-order valence-corrected chi connectivity index (χ2v) is 5.37. The van der Waals surface area contributed by atoms with E-state index in [0.717, 1.165) is 0 Å². The van der Waals surface area contributed by atoms with Crippen molar-refractivity contribution >= 4 is 21.9 Å². The molecule has 0 atom stereocenters. The van der Waals surface area contributed by atoms with Gasteiger partial charge in [0.1, 0.15) is 0 Å². The average molecular weight is 225 g/mol. The lowest BCUT2D eigenvalue weighted by Crippen LogP contribution is -1.97. The first-order valence-corrected chi connectivity index (χ1v) is 4.39. The molecule has 0 rings (SSSR count). The van der Waals surface area contributed by atoms with Crippen molar-refractivity contribution in [2.24, 2.45) is 0 Å². The van der Waals surface area contributed by atoms with Gasteiger partial charge in [-0.1, -0.05) is 36.7 Å². The largest absolute Gasteiger partial charge is 0.466 e.